The Morgan fingerprint density at radius 3 is 2.54 bits per heavy atom. The Balaban J connectivity index is 3.29. The molecule has 0 aliphatic carbocycles. The molecule has 1 aromatic rings. The maximum atomic E-state index is 5.91. The molecule has 72 valence electrons. The van der Waals surface area contributed by atoms with E-state index in [2.05, 4.69) is 0 Å². The van der Waals surface area contributed by atoms with Crippen LogP contribution in [0.5, 0.6) is 5.75 Å². The molecular weight excluding hydrogens is 186 g/mol. The summed E-state index contributed by atoms with van der Waals surface area (Å²) in [6.07, 6.45) is 0. The molecular formula is C10H14ClNO. The quantitative estimate of drug-likeness (QED) is 0.795. The van der Waals surface area contributed by atoms with Crippen molar-refractivity contribution in [1.82, 2.24) is 0 Å². The first-order valence-electron chi connectivity index (χ1n) is 4.16. The lowest BCUT2D eigenvalue weighted by molar-refractivity contribution is 0.404. The Labute approximate surface area is 83.6 Å². The van der Waals surface area contributed by atoms with Gasteiger partial charge in [0.2, 0.25) is 0 Å². The van der Waals surface area contributed by atoms with Crippen LogP contribution in [0.25, 0.3) is 0 Å². The van der Waals surface area contributed by atoms with Crippen LogP contribution in [0.4, 0.5) is 0 Å². The number of halogens is 1. The van der Waals surface area contributed by atoms with E-state index < -0.39 is 0 Å². The van der Waals surface area contributed by atoms with Gasteiger partial charge in [0.05, 0.1) is 7.11 Å². The van der Waals surface area contributed by atoms with Gasteiger partial charge in [0.1, 0.15) is 5.75 Å². The van der Waals surface area contributed by atoms with Crippen molar-refractivity contribution in [3.8, 4) is 5.75 Å². The first-order chi connectivity index (χ1) is 6.06. The van der Waals surface area contributed by atoms with E-state index >= 15 is 0 Å². The Bertz CT molecular complexity index is 310. The monoisotopic (exact) mass is 199 g/mol. The number of hydrogen-bond acceptors (Lipinski definition) is 2. The van der Waals surface area contributed by atoms with Crippen LogP contribution in [0.1, 0.15) is 24.1 Å². The van der Waals surface area contributed by atoms with Crippen molar-refractivity contribution in [2.75, 3.05) is 7.11 Å². The van der Waals surface area contributed by atoms with E-state index in [0.717, 1.165) is 16.9 Å². The molecule has 13 heavy (non-hydrogen) atoms. The first-order valence-corrected chi connectivity index (χ1v) is 4.53. The van der Waals surface area contributed by atoms with E-state index in [-0.39, 0.29) is 6.04 Å². The molecule has 0 bridgehead atoms. The second-order valence-corrected chi connectivity index (χ2v) is 3.57. The van der Waals surface area contributed by atoms with Crippen molar-refractivity contribution in [1.29, 1.82) is 0 Å². The number of nitrogens with two attached hydrogens (primary N) is 1. The molecule has 2 nitrogen and oxygen atoms in total. The van der Waals surface area contributed by atoms with Gasteiger partial charge in [-0.15, -0.1) is 0 Å². The molecule has 0 aromatic heterocycles. The molecule has 1 rings (SSSR count). The molecule has 0 fully saturated rings. The van der Waals surface area contributed by atoms with Gasteiger partial charge in [0, 0.05) is 16.6 Å². The molecule has 0 saturated heterocycles. The summed E-state index contributed by atoms with van der Waals surface area (Å²) in [7, 11) is 1.64. The second kappa shape index (κ2) is 3.99. The number of methoxy groups -OCH3 is 1. The van der Waals surface area contributed by atoms with Gasteiger partial charge in [-0.25, -0.2) is 0 Å². The summed E-state index contributed by atoms with van der Waals surface area (Å²) in [5.41, 5.74) is 7.76. The highest BCUT2D eigenvalue weighted by Gasteiger charge is 2.10. The van der Waals surface area contributed by atoms with Crippen molar-refractivity contribution in [3.05, 3.63) is 28.3 Å². The van der Waals surface area contributed by atoms with Crippen molar-refractivity contribution in [3.63, 3.8) is 0 Å². The van der Waals surface area contributed by atoms with E-state index in [0.29, 0.717) is 5.02 Å². The third-order valence-electron chi connectivity index (χ3n) is 1.96. The molecule has 0 aliphatic heterocycles. The number of ether oxygens (including phenoxy) is 1. The number of aryl methyl sites for hydroxylation is 1. The van der Waals surface area contributed by atoms with Crippen molar-refractivity contribution < 1.29 is 4.74 Å². The summed E-state index contributed by atoms with van der Waals surface area (Å²) in [6.45, 7) is 3.87. The molecule has 0 spiro atoms. The summed E-state index contributed by atoms with van der Waals surface area (Å²) < 4.78 is 5.25. The van der Waals surface area contributed by atoms with Crippen LogP contribution < -0.4 is 10.5 Å². The average molecular weight is 200 g/mol. The van der Waals surface area contributed by atoms with Crippen LogP contribution in [-0.4, -0.2) is 7.11 Å². The summed E-state index contributed by atoms with van der Waals surface area (Å²) in [6, 6.07) is 3.65. The lowest BCUT2D eigenvalue weighted by Crippen LogP contribution is -2.07. The van der Waals surface area contributed by atoms with Crippen LogP contribution in [0, 0.1) is 6.92 Å². The molecule has 0 amide bonds. The smallest absolute Gasteiger partial charge is 0.126 e. The Morgan fingerprint density at radius 1 is 1.46 bits per heavy atom. The van der Waals surface area contributed by atoms with E-state index in [1.54, 1.807) is 7.11 Å². The minimum absolute atomic E-state index is 0.0626. The van der Waals surface area contributed by atoms with Crippen molar-refractivity contribution >= 4 is 11.6 Å². The number of hydrogen-bond donors (Lipinski definition) is 1. The van der Waals surface area contributed by atoms with Gasteiger partial charge in [0.15, 0.2) is 0 Å². The summed E-state index contributed by atoms with van der Waals surface area (Å²) >= 11 is 5.91. The lowest BCUT2D eigenvalue weighted by atomic mass is 10.0. The Kier molecular flexibility index (Phi) is 3.17. The van der Waals surface area contributed by atoms with Gasteiger partial charge in [-0.1, -0.05) is 11.6 Å². The highest BCUT2D eigenvalue weighted by molar-refractivity contribution is 6.30. The Hall–Kier alpha value is -0.730. The van der Waals surface area contributed by atoms with Crippen LogP contribution in [0.2, 0.25) is 5.02 Å². The zero-order valence-electron chi connectivity index (χ0n) is 8.10. The molecule has 1 atom stereocenters. The van der Waals surface area contributed by atoms with Crippen molar-refractivity contribution in [2.45, 2.75) is 19.9 Å². The van der Waals surface area contributed by atoms with Gasteiger partial charge in [-0.05, 0) is 31.5 Å². The summed E-state index contributed by atoms with van der Waals surface area (Å²) in [4.78, 5) is 0. The van der Waals surface area contributed by atoms with Gasteiger partial charge >= 0.3 is 0 Å². The highest BCUT2D eigenvalue weighted by atomic mass is 35.5. The third kappa shape index (κ3) is 2.14. The summed E-state index contributed by atoms with van der Waals surface area (Å²) in [5.74, 6) is 0.833. The molecule has 1 aromatic carbocycles. The van der Waals surface area contributed by atoms with Gasteiger partial charge in [-0.2, -0.15) is 0 Å². The fraction of sp³-hybridized carbons (Fsp3) is 0.400. The predicted molar refractivity (Wildman–Crippen MR) is 55.3 cm³/mol. The average Bonchev–Trinajstić information content (AvgIpc) is 2.02. The largest absolute Gasteiger partial charge is 0.496 e. The minimum atomic E-state index is -0.0626. The molecule has 0 heterocycles. The van der Waals surface area contributed by atoms with E-state index in [4.69, 9.17) is 22.1 Å². The lowest BCUT2D eigenvalue weighted by Gasteiger charge is -2.14. The molecule has 0 unspecified atom stereocenters. The zero-order valence-corrected chi connectivity index (χ0v) is 8.85. The Morgan fingerprint density at radius 2 is 2.08 bits per heavy atom. The van der Waals surface area contributed by atoms with Crippen LogP contribution in [-0.2, 0) is 0 Å². The molecule has 2 N–H and O–H groups in total. The molecule has 0 aliphatic rings. The van der Waals surface area contributed by atoms with Gasteiger partial charge in [-0.3, -0.25) is 0 Å². The summed E-state index contributed by atoms with van der Waals surface area (Å²) in [5, 5.41) is 0.700. The molecule has 0 saturated carbocycles. The van der Waals surface area contributed by atoms with Crippen molar-refractivity contribution in [2.24, 2.45) is 5.73 Å². The molecule has 3 heteroatoms. The minimum Gasteiger partial charge on any atom is -0.496 e. The second-order valence-electron chi connectivity index (χ2n) is 3.13. The maximum absolute atomic E-state index is 5.91. The molecule has 0 radical (unpaired) electrons. The normalized spacial score (nSPS) is 12.7. The van der Waals surface area contributed by atoms with Gasteiger partial charge < -0.3 is 10.5 Å². The van der Waals surface area contributed by atoms with E-state index in [1.807, 2.05) is 26.0 Å². The number of benzene rings is 1. The van der Waals surface area contributed by atoms with Crippen LogP contribution in [0.3, 0.4) is 0 Å². The standard InChI is InChI=1S/C10H14ClNO/c1-6-4-8(11)5-9(7(2)12)10(6)13-3/h4-5,7H,12H2,1-3H3/t7-/m1/s1. The number of rotatable bonds is 2. The van der Waals surface area contributed by atoms with Gasteiger partial charge in [0.25, 0.3) is 0 Å². The SMILES string of the molecule is COc1c(C)cc(Cl)cc1[C@@H](C)N. The fourth-order valence-corrected chi connectivity index (χ4v) is 1.65. The van der Waals surface area contributed by atoms with Crippen LogP contribution >= 0.6 is 11.6 Å². The third-order valence-corrected chi connectivity index (χ3v) is 2.18. The fourth-order valence-electron chi connectivity index (χ4n) is 1.37. The first kappa shape index (κ1) is 10.4. The predicted octanol–water partition coefficient (Wildman–Crippen LogP) is 2.68. The highest BCUT2D eigenvalue weighted by Crippen LogP contribution is 2.30. The van der Waals surface area contributed by atoms with Crippen LogP contribution in [0.15, 0.2) is 12.1 Å². The van der Waals surface area contributed by atoms with E-state index in [1.165, 1.54) is 0 Å². The topological polar surface area (TPSA) is 35.2 Å². The maximum Gasteiger partial charge on any atom is 0.126 e. The van der Waals surface area contributed by atoms with E-state index in [9.17, 15) is 0 Å². The zero-order chi connectivity index (χ0) is 10.0.